The minimum absolute atomic E-state index is 0.0307. The number of benzene rings is 1. The number of carbonyl (C=O) groups excluding carboxylic acids is 1. The van der Waals surface area contributed by atoms with Gasteiger partial charge in [-0.3, -0.25) is 9.10 Å². The van der Waals surface area contributed by atoms with Crippen molar-refractivity contribution < 1.29 is 23.4 Å². The van der Waals surface area contributed by atoms with Gasteiger partial charge in [0.15, 0.2) is 0 Å². The number of carbonyl (C=O) groups is 1. The van der Waals surface area contributed by atoms with Crippen molar-refractivity contribution >= 4 is 21.6 Å². The van der Waals surface area contributed by atoms with Crippen LogP contribution in [-0.4, -0.2) is 68.0 Å². The van der Waals surface area contributed by atoms with E-state index in [1.807, 2.05) is 13.0 Å². The fraction of sp³-hybridized carbons (Fsp3) is 0.588. The number of nitrogens with zero attached hydrogens (tertiary/aromatic N) is 2. The van der Waals surface area contributed by atoms with E-state index < -0.39 is 16.1 Å². The first-order valence-electron chi connectivity index (χ1n) is 8.33. The van der Waals surface area contributed by atoms with Gasteiger partial charge in [0.1, 0.15) is 6.54 Å². The molecule has 0 saturated carbocycles. The lowest BCUT2D eigenvalue weighted by Crippen LogP contribution is -2.47. The van der Waals surface area contributed by atoms with Crippen LogP contribution in [0.15, 0.2) is 24.3 Å². The van der Waals surface area contributed by atoms with E-state index in [1.54, 1.807) is 23.1 Å². The summed E-state index contributed by atoms with van der Waals surface area (Å²) < 4.78 is 25.4. The van der Waals surface area contributed by atoms with Crippen LogP contribution in [0.1, 0.15) is 18.4 Å². The highest BCUT2D eigenvalue weighted by molar-refractivity contribution is 7.92. The minimum Gasteiger partial charge on any atom is -0.394 e. The van der Waals surface area contributed by atoms with Crippen LogP contribution >= 0.6 is 0 Å². The predicted octanol–water partition coefficient (Wildman–Crippen LogP) is 0.353. The van der Waals surface area contributed by atoms with Gasteiger partial charge in [-0.25, -0.2) is 8.42 Å². The van der Waals surface area contributed by atoms with Crippen LogP contribution in [0.25, 0.3) is 0 Å². The smallest absolute Gasteiger partial charge is 0.243 e. The molecule has 1 fully saturated rings. The lowest BCUT2D eigenvalue weighted by atomic mass is 9.91. The number of aliphatic hydroxyl groups is 2. The molecular weight excluding hydrogens is 344 g/mol. The highest BCUT2D eigenvalue weighted by atomic mass is 32.2. The number of amides is 1. The van der Waals surface area contributed by atoms with Gasteiger partial charge in [0.05, 0.1) is 24.7 Å². The van der Waals surface area contributed by atoms with Gasteiger partial charge in [0.2, 0.25) is 15.9 Å². The number of hydrogen-bond donors (Lipinski definition) is 2. The van der Waals surface area contributed by atoms with Crippen LogP contribution in [0.3, 0.4) is 0 Å². The third-order valence-electron chi connectivity index (χ3n) is 4.59. The van der Waals surface area contributed by atoms with Crippen molar-refractivity contribution in [3.05, 3.63) is 29.8 Å². The van der Waals surface area contributed by atoms with E-state index >= 15 is 0 Å². The Morgan fingerprint density at radius 3 is 2.52 bits per heavy atom. The molecule has 1 heterocycles. The van der Waals surface area contributed by atoms with Gasteiger partial charge >= 0.3 is 0 Å². The highest BCUT2D eigenvalue weighted by Gasteiger charge is 2.29. The van der Waals surface area contributed by atoms with Crippen LogP contribution < -0.4 is 4.31 Å². The largest absolute Gasteiger partial charge is 0.394 e. The van der Waals surface area contributed by atoms with Crippen molar-refractivity contribution in [3.8, 4) is 0 Å². The molecule has 1 aromatic carbocycles. The first kappa shape index (κ1) is 19.7. The van der Waals surface area contributed by atoms with Gasteiger partial charge in [0.25, 0.3) is 0 Å². The van der Waals surface area contributed by atoms with Crippen molar-refractivity contribution in [1.82, 2.24) is 4.90 Å². The maximum absolute atomic E-state index is 12.6. The number of likely N-dealkylation sites (tertiary alicyclic amines) is 1. The molecule has 1 aromatic rings. The summed E-state index contributed by atoms with van der Waals surface area (Å²) in [5.41, 5.74) is 1.39. The summed E-state index contributed by atoms with van der Waals surface area (Å²) in [7, 11) is -3.58. The van der Waals surface area contributed by atoms with Crippen molar-refractivity contribution in [2.24, 2.45) is 5.92 Å². The van der Waals surface area contributed by atoms with Crippen LogP contribution in [0.5, 0.6) is 0 Å². The Hall–Kier alpha value is -1.64. The number of hydrogen-bond acceptors (Lipinski definition) is 5. The molecule has 1 unspecified atom stereocenters. The third-order valence-corrected chi connectivity index (χ3v) is 5.73. The van der Waals surface area contributed by atoms with Crippen LogP contribution in [-0.2, 0) is 14.8 Å². The highest BCUT2D eigenvalue weighted by Crippen LogP contribution is 2.22. The number of rotatable bonds is 6. The first-order valence-corrected chi connectivity index (χ1v) is 10.2. The number of aliphatic hydroxyl groups excluding tert-OH is 2. The molecule has 0 bridgehead atoms. The molecular formula is C17H26N2O5S. The first-order chi connectivity index (χ1) is 11.7. The van der Waals surface area contributed by atoms with Crippen LogP contribution in [0, 0.1) is 12.8 Å². The molecule has 0 aliphatic carbocycles. The molecule has 1 atom stereocenters. The molecule has 1 aliphatic heterocycles. The molecule has 1 saturated heterocycles. The SMILES string of the molecule is Cc1cccc(N(CC(=O)N2CCC(C(O)CO)CC2)S(C)(=O)=O)c1. The van der Waals surface area contributed by atoms with E-state index in [1.165, 1.54) is 0 Å². The monoisotopic (exact) mass is 370 g/mol. The number of piperidine rings is 1. The maximum atomic E-state index is 12.6. The third kappa shape index (κ3) is 5.17. The summed E-state index contributed by atoms with van der Waals surface area (Å²) >= 11 is 0. The molecule has 2 N–H and O–H groups in total. The molecule has 0 spiro atoms. The Morgan fingerprint density at radius 1 is 1.36 bits per heavy atom. The van der Waals surface area contributed by atoms with Gasteiger partial charge in [-0.2, -0.15) is 0 Å². The predicted molar refractivity (Wildman–Crippen MR) is 95.8 cm³/mol. The van der Waals surface area contributed by atoms with Crippen molar-refractivity contribution in [2.75, 3.05) is 36.8 Å². The Balaban J connectivity index is 2.06. The van der Waals surface area contributed by atoms with Gasteiger partial charge < -0.3 is 15.1 Å². The number of aryl methyl sites for hydroxylation is 1. The van der Waals surface area contributed by atoms with Crippen LogP contribution in [0.2, 0.25) is 0 Å². The second-order valence-corrected chi connectivity index (χ2v) is 8.48. The Labute approximate surface area is 148 Å². The average molecular weight is 370 g/mol. The molecule has 1 aliphatic rings. The van der Waals surface area contributed by atoms with Crippen molar-refractivity contribution in [1.29, 1.82) is 0 Å². The zero-order chi connectivity index (χ0) is 18.6. The van der Waals surface area contributed by atoms with E-state index in [4.69, 9.17) is 5.11 Å². The molecule has 7 nitrogen and oxygen atoms in total. The summed E-state index contributed by atoms with van der Waals surface area (Å²) in [6, 6.07) is 7.03. The van der Waals surface area contributed by atoms with Gasteiger partial charge in [0, 0.05) is 13.1 Å². The maximum Gasteiger partial charge on any atom is 0.243 e. The summed E-state index contributed by atoms with van der Waals surface area (Å²) in [4.78, 5) is 14.2. The Bertz CT molecular complexity index is 699. The minimum atomic E-state index is -3.58. The topological polar surface area (TPSA) is 98.2 Å². The molecule has 0 radical (unpaired) electrons. The number of sulfonamides is 1. The van der Waals surface area contributed by atoms with Crippen molar-refractivity contribution in [2.45, 2.75) is 25.9 Å². The fourth-order valence-corrected chi connectivity index (χ4v) is 3.93. The Morgan fingerprint density at radius 2 is 2.00 bits per heavy atom. The Kier molecular flexibility index (Phi) is 6.42. The van der Waals surface area contributed by atoms with E-state index in [0.29, 0.717) is 31.6 Å². The average Bonchev–Trinajstić information content (AvgIpc) is 2.57. The van der Waals surface area contributed by atoms with Gasteiger partial charge in [-0.15, -0.1) is 0 Å². The van der Waals surface area contributed by atoms with E-state index in [9.17, 15) is 18.3 Å². The lowest BCUT2D eigenvalue weighted by Gasteiger charge is -2.35. The lowest BCUT2D eigenvalue weighted by molar-refractivity contribution is -0.131. The van der Waals surface area contributed by atoms with E-state index in [0.717, 1.165) is 16.1 Å². The normalized spacial score (nSPS) is 17.4. The zero-order valence-electron chi connectivity index (χ0n) is 14.6. The molecule has 2 rings (SSSR count). The van der Waals surface area contributed by atoms with E-state index in [2.05, 4.69) is 0 Å². The van der Waals surface area contributed by atoms with Gasteiger partial charge in [-0.05, 0) is 43.4 Å². The molecule has 0 aromatic heterocycles. The summed E-state index contributed by atoms with van der Waals surface area (Å²) in [5.74, 6) is -0.291. The van der Waals surface area contributed by atoms with E-state index in [-0.39, 0.29) is 25.0 Å². The summed E-state index contributed by atoms with van der Waals surface area (Å²) in [5, 5.41) is 18.7. The quantitative estimate of drug-likeness (QED) is 0.753. The molecule has 8 heteroatoms. The summed E-state index contributed by atoms with van der Waals surface area (Å²) in [6.07, 6.45) is 1.51. The second kappa shape index (κ2) is 8.16. The standard InChI is InChI=1S/C17H26N2O5S/c1-13-4-3-5-15(10-13)19(25(2,23)24)11-17(22)18-8-6-14(7-9-18)16(21)12-20/h3-5,10,14,16,20-21H,6-9,11-12H2,1-2H3. The van der Waals surface area contributed by atoms with Crippen molar-refractivity contribution in [3.63, 3.8) is 0 Å². The molecule has 140 valence electrons. The molecule has 1 amide bonds. The number of anilines is 1. The van der Waals surface area contributed by atoms with Crippen LogP contribution in [0.4, 0.5) is 5.69 Å². The summed E-state index contributed by atoms with van der Waals surface area (Å²) in [6.45, 7) is 2.24. The second-order valence-electron chi connectivity index (χ2n) is 6.58. The molecule has 25 heavy (non-hydrogen) atoms. The zero-order valence-corrected chi connectivity index (χ0v) is 15.4. The fourth-order valence-electron chi connectivity index (χ4n) is 3.09. The van der Waals surface area contributed by atoms with Gasteiger partial charge in [-0.1, -0.05) is 12.1 Å².